The molecule has 0 N–H and O–H groups in total. The molecule has 6 nitrogen and oxygen atoms in total. The summed E-state index contributed by atoms with van der Waals surface area (Å²) < 4.78 is 12.3. The monoisotopic (exact) mass is 431 g/mol. The number of thiazole rings is 1. The predicted octanol–water partition coefficient (Wildman–Crippen LogP) is 4.93. The number of pyridine rings is 1. The number of fused-ring (bicyclic) bond motifs is 2. The highest BCUT2D eigenvalue weighted by atomic mass is 32.1. The summed E-state index contributed by atoms with van der Waals surface area (Å²) in [5.74, 6) is 1.11. The number of rotatable bonds is 4. The third-order valence-corrected chi connectivity index (χ3v) is 6.17. The van der Waals surface area contributed by atoms with Gasteiger partial charge < -0.3 is 9.47 Å². The molecule has 0 saturated carbocycles. The molecule has 2 aromatic heterocycles. The second-order valence-corrected chi connectivity index (χ2v) is 8.55. The maximum atomic E-state index is 13.6. The van der Waals surface area contributed by atoms with Crippen molar-refractivity contribution in [2.24, 2.45) is 0 Å². The van der Waals surface area contributed by atoms with Crippen molar-refractivity contribution in [1.82, 2.24) is 9.97 Å². The normalized spacial score (nSPS) is 12.7. The van der Waals surface area contributed by atoms with Crippen molar-refractivity contribution in [2.45, 2.75) is 20.4 Å². The maximum Gasteiger partial charge on any atom is 0.260 e. The van der Waals surface area contributed by atoms with Crippen LogP contribution in [0, 0.1) is 13.8 Å². The molecule has 31 heavy (non-hydrogen) atoms. The Kier molecular flexibility index (Phi) is 5.03. The minimum Gasteiger partial charge on any atom is -0.486 e. The van der Waals surface area contributed by atoms with E-state index in [2.05, 4.69) is 24.0 Å². The number of ether oxygens (including phenoxy) is 2. The topological polar surface area (TPSA) is 64.6 Å². The van der Waals surface area contributed by atoms with Gasteiger partial charge in [0.1, 0.15) is 13.2 Å². The molecule has 2 aromatic carbocycles. The predicted molar refractivity (Wildman–Crippen MR) is 121 cm³/mol. The van der Waals surface area contributed by atoms with E-state index in [0.29, 0.717) is 42.0 Å². The van der Waals surface area contributed by atoms with E-state index in [1.165, 1.54) is 16.9 Å². The summed E-state index contributed by atoms with van der Waals surface area (Å²) in [5, 5.41) is 0.660. The van der Waals surface area contributed by atoms with Crippen LogP contribution in [0.5, 0.6) is 11.5 Å². The van der Waals surface area contributed by atoms with Gasteiger partial charge in [0, 0.05) is 18.0 Å². The lowest BCUT2D eigenvalue weighted by atomic mass is 10.1. The number of aryl methyl sites for hydroxylation is 2. The van der Waals surface area contributed by atoms with Gasteiger partial charge in [-0.05, 0) is 60.9 Å². The van der Waals surface area contributed by atoms with Gasteiger partial charge in [0.15, 0.2) is 16.6 Å². The average molecular weight is 432 g/mol. The van der Waals surface area contributed by atoms with Crippen LogP contribution in [-0.4, -0.2) is 29.1 Å². The summed E-state index contributed by atoms with van der Waals surface area (Å²) >= 11 is 1.52. The molecule has 0 atom stereocenters. The Morgan fingerprint density at radius 2 is 1.94 bits per heavy atom. The highest BCUT2D eigenvalue weighted by Gasteiger charge is 2.24. The van der Waals surface area contributed by atoms with E-state index in [-0.39, 0.29) is 5.91 Å². The number of hydrogen-bond acceptors (Lipinski definition) is 6. The Bertz CT molecular complexity index is 1270. The Labute approximate surface area is 184 Å². The lowest BCUT2D eigenvalue weighted by Gasteiger charge is -2.22. The van der Waals surface area contributed by atoms with Gasteiger partial charge in [-0.1, -0.05) is 23.5 Å². The fourth-order valence-corrected chi connectivity index (χ4v) is 4.85. The van der Waals surface area contributed by atoms with Crippen LogP contribution in [0.2, 0.25) is 0 Å². The molecule has 4 aromatic rings. The van der Waals surface area contributed by atoms with Crippen LogP contribution in [0.15, 0.2) is 54.9 Å². The molecule has 0 aliphatic carbocycles. The molecule has 0 fully saturated rings. The van der Waals surface area contributed by atoms with Crippen LogP contribution in [0.25, 0.3) is 10.2 Å². The van der Waals surface area contributed by atoms with E-state index < -0.39 is 0 Å². The second-order valence-electron chi connectivity index (χ2n) is 7.54. The van der Waals surface area contributed by atoms with Crippen LogP contribution >= 0.6 is 11.3 Å². The summed E-state index contributed by atoms with van der Waals surface area (Å²) in [6.45, 7) is 5.48. The first-order chi connectivity index (χ1) is 15.1. The zero-order valence-electron chi connectivity index (χ0n) is 17.3. The van der Waals surface area contributed by atoms with Crippen molar-refractivity contribution in [3.8, 4) is 11.5 Å². The minimum atomic E-state index is -0.144. The van der Waals surface area contributed by atoms with Crippen LogP contribution in [0.3, 0.4) is 0 Å². The highest BCUT2D eigenvalue weighted by molar-refractivity contribution is 7.22. The molecular weight excluding hydrogens is 410 g/mol. The van der Waals surface area contributed by atoms with E-state index in [1.54, 1.807) is 35.5 Å². The number of amides is 1. The van der Waals surface area contributed by atoms with Gasteiger partial charge in [0.05, 0.1) is 16.8 Å². The van der Waals surface area contributed by atoms with Gasteiger partial charge in [-0.15, -0.1) is 0 Å². The van der Waals surface area contributed by atoms with Gasteiger partial charge >= 0.3 is 0 Å². The van der Waals surface area contributed by atoms with Crippen molar-refractivity contribution in [3.63, 3.8) is 0 Å². The molecule has 7 heteroatoms. The summed E-state index contributed by atoms with van der Waals surface area (Å²) in [5.41, 5.74) is 4.67. The van der Waals surface area contributed by atoms with E-state index in [9.17, 15) is 4.79 Å². The van der Waals surface area contributed by atoms with E-state index in [0.717, 1.165) is 21.3 Å². The molecule has 156 valence electrons. The maximum absolute atomic E-state index is 13.6. The second kappa shape index (κ2) is 8.00. The number of aromatic nitrogens is 2. The molecule has 1 amide bonds. The minimum absolute atomic E-state index is 0.144. The quantitative estimate of drug-likeness (QED) is 0.459. The standard InChI is InChI=1S/C24H21N3O3S/c1-15-10-16(2)22-21(11-15)31-24(26-22)27(14-17-4-3-7-25-13-17)23(28)18-5-6-19-20(12-18)30-9-8-29-19/h3-7,10-13H,8-9,14H2,1-2H3. The zero-order valence-corrected chi connectivity index (χ0v) is 18.1. The molecule has 0 unspecified atom stereocenters. The third kappa shape index (κ3) is 3.84. The Morgan fingerprint density at radius 1 is 1.10 bits per heavy atom. The zero-order chi connectivity index (χ0) is 21.4. The van der Waals surface area contributed by atoms with Crippen molar-refractivity contribution >= 4 is 32.6 Å². The van der Waals surface area contributed by atoms with Crippen LogP contribution < -0.4 is 14.4 Å². The van der Waals surface area contributed by atoms with Crippen LogP contribution in [-0.2, 0) is 6.54 Å². The molecule has 0 bridgehead atoms. The summed E-state index contributed by atoms with van der Waals surface area (Å²) in [7, 11) is 0. The number of nitrogens with zero attached hydrogens (tertiary/aromatic N) is 3. The number of hydrogen-bond donors (Lipinski definition) is 0. The average Bonchev–Trinajstić information content (AvgIpc) is 3.21. The smallest absolute Gasteiger partial charge is 0.260 e. The van der Waals surface area contributed by atoms with Gasteiger partial charge in [0.25, 0.3) is 5.91 Å². The number of carbonyl (C=O) groups is 1. The van der Waals surface area contributed by atoms with Gasteiger partial charge in [0.2, 0.25) is 0 Å². The van der Waals surface area contributed by atoms with Crippen LogP contribution in [0.1, 0.15) is 27.0 Å². The summed E-state index contributed by atoms with van der Waals surface area (Å²) in [6.07, 6.45) is 3.49. The first kappa shape index (κ1) is 19.5. The Morgan fingerprint density at radius 3 is 2.74 bits per heavy atom. The third-order valence-electron chi connectivity index (χ3n) is 5.15. The van der Waals surface area contributed by atoms with Crippen LogP contribution in [0.4, 0.5) is 5.13 Å². The lowest BCUT2D eigenvalue weighted by Crippen LogP contribution is -2.30. The molecule has 5 rings (SSSR count). The molecule has 1 aliphatic rings. The first-order valence-corrected chi connectivity index (χ1v) is 10.9. The Balaban J connectivity index is 1.57. The largest absolute Gasteiger partial charge is 0.486 e. The van der Waals surface area contributed by atoms with E-state index in [4.69, 9.17) is 14.5 Å². The molecule has 0 spiro atoms. The fourth-order valence-electron chi connectivity index (χ4n) is 3.71. The van der Waals surface area contributed by atoms with Gasteiger partial charge in [-0.25, -0.2) is 4.98 Å². The molecule has 0 saturated heterocycles. The van der Waals surface area contributed by atoms with Crippen molar-refractivity contribution in [2.75, 3.05) is 18.1 Å². The number of benzene rings is 2. The first-order valence-electron chi connectivity index (χ1n) is 10.1. The molecule has 1 aliphatic heterocycles. The molecule has 3 heterocycles. The summed E-state index contributed by atoms with van der Waals surface area (Å²) in [4.78, 5) is 24.4. The van der Waals surface area contributed by atoms with E-state index in [1.807, 2.05) is 19.1 Å². The van der Waals surface area contributed by atoms with Crippen molar-refractivity contribution in [1.29, 1.82) is 0 Å². The highest BCUT2D eigenvalue weighted by Crippen LogP contribution is 2.35. The Hall–Kier alpha value is -3.45. The summed E-state index contributed by atoms with van der Waals surface area (Å²) in [6, 6.07) is 13.4. The van der Waals surface area contributed by atoms with Crippen molar-refractivity contribution in [3.05, 3.63) is 77.1 Å². The SMILES string of the molecule is Cc1cc(C)c2nc(N(Cc3cccnc3)C(=O)c3ccc4c(c3)OCCO4)sc2c1. The van der Waals surface area contributed by atoms with Gasteiger partial charge in [-0.2, -0.15) is 0 Å². The van der Waals surface area contributed by atoms with E-state index >= 15 is 0 Å². The lowest BCUT2D eigenvalue weighted by molar-refractivity contribution is 0.0984. The van der Waals surface area contributed by atoms with Crippen molar-refractivity contribution < 1.29 is 14.3 Å². The number of carbonyl (C=O) groups excluding carboxylic acids is 1. The molecular formula is C24H21N3O3S. The fraction of sp³-hybridized carbons (Fsp3) is 0.208. The number of anilines is 1. The van der Waals surface area contributed by atoms with Gasteiger partial charge in [-0.3, -0.25) is 14.7 Å². The molecule has 0 radical (unpaired) electrons.